The number of nitrogens with one attached hydrogen (secondary N) is 1. The van der Waals surface area contributed by atoms with Crippen molar-refractivity contribution >= 4 is 11.6 Å². The second-order valence-corrected chi connectivity index (χ2v) is 5.27. The molecule has 0 amide bonds. The van der Waals surface area contributed by atoms with Crippen LogP contribution in [-0.4, -0.2) is 13.1 Å². The first-order valence-corrected chi connectivity index (χ1v) is 6.92. The lowest BCUT2D eigenvalue weighted by molar-refractivity contribution is 0.523. The Hall–Kier alpha value is -1.52. The maximum absolute atomic E-state index is 13.7. The van der Waals surface area contributed by atoms with Crippen LogP contribution in [-0.2, 0) is 12.8 Å². The minimum atomic E-state index is -0.606. The van der Waals surface area contributed by atoms with Crippen molar-refractivity contribution in [3.63, 3.8) is 0 Å². The third-order valence-electron chi connectivity index (χ3n) is 3.36. The predicted molar refractivity (Wildman–Crippen MR) is 78.0 cm³/mol. The van der Waals surface area contributed by atoms with Crippen LogP contribution in [0.25, 0.3) is 0 Å². The van der Waals surface area contributed by atoms with Crippen molar-refractivity contribution < 1.29 is 13.2 Å². The molecule has 2 aromatic rings. The maximum Gasteiger partial charge on any atom is 0.129 e. The van der Waals surface area contributed by atoms with Gasteiger partial charge in [-0.2, -0.15) is 0 Å². The fourth-order valence-corrected chi connectivity index (χ4v) is 2.39. The quantitative estimate of drug-likeness (QED) is 0.875. The molecule has 0 aliphatic carbocycles. The Morgan fingerprint density at radius 1 is 0.952 bits per heavy atom. The average Bonchev–Trinajstić information content (AvgIpc) is 2.44. The van der Waals surface area contributed by atoms with Crippen LogP contribution in [0.5, 0.6) is 0 Å². The summed E-state index contributed by atoms with van der Waals surface area (Å²) in [5.74, 6) is -1.55. The minimum absolute atomic E-state index is 0.135. The number of likely N-dealkylation sites (N-methyl/N-ethyl adjacent to an activating group) is 1. The van der Waals surface area contributed by atoms with Crippen molar-refractivity contribution in [3.05, 3.63) is 70.0 Å². The lowest BCUT2D eigenvalue weighted by Gasteiger charge is -2.17. The Bertz CT molecular complexity index is 631. The summed E-state index contributed by atoms with van der Waals surface area (Å²) in [6, 6.07) is 7.52. The highest BCUT2D eigenvalue weighted by Crippen LogP contribution is 2.20. The average molecular weight is 314 g/mol. The molecule has 2 aromatic carbocycles. The van der Waals surface area contributed by atoms with Crippen LogP contribution in [0.3, 0.4) is 0 Å². The van der Waals surface area contributed by atoms with Crippen molar-refractivity contribution in [3.8, 4) is 0 Å². The van der Waals surface area contributed by atoms with Crippen molar-refractivity contribution in [2.45, 2.75) is 18.9 Å². The summed E-state index contributed by atoms with van der Waals surface area (Å²) in [5, 5.41) is 3.51. The van der Waals surface area contributed by atoms with E-state index in [0.717, 1.165) is 6.07 Å². The lowest BCUT2D eigenvalue weighted by Crippen LogP contribution is -2.30. The molecule has 1 nitrogen and oxygen atoms in total. The van der Waals surface area contributed by atoms with Crippen molar-refractivity contribution in [1.82, 2.24) is 5.32 Å². The van der Waals surface area contributed by atoms with Gasteiger partial charge in [-0.05, 0) is 55.3 Å². The Morgan fingerprint density at radius 2 is 1.57 bits per heavy atom. The van der Waals surface area contributed by atoms with E-state index in [9.17, 15) is 13.2 Å². The van der Waals surface area contributed by atoms with Crippen molar-refractivity contribution in [2.24, 2.45) is 0 Å². The topological polar surface area (TPSA) is 12.0 Å². The van der Waals surface area contributed by atoms with Gasteiger partial charge in [0, 0.05) is 17.1 Å². The van der Waals surface area contributed by atoms with Crippen LogP contribution in [0.2, 0.25) is 5.02 Å². The van der Waals surface area contributed by atoms with Crippen LogP contribution in [0.1, 0.15) is 11.1 Å². The van der Waals surface area contributed by atoms with E-state index >= 15 is 0 Å². The van der Waals surface area contributed by atoms with E-state index in [0.29, 0.717) is 29.0 Å². The third-order valence-corrected chi connectivity index (χ3v) is 3.73. The Labute approximate surface area is 126 Å². The second-order valence-electron chi connectivity index (χ2n) is 4.87. The lowest BCUT2D eigenvalue weighted by atomic mass is 9.98. The highest BCUT2D eigenvalue weighted by Gasteiger charge is 2.14. The summed E-state index contributed by atoms with van der Waals surface area (Å²) in [7, 11) is 1.74. The maximum atomic E-state index is 13.7. The summed E-state index contributed by atoms with van der Waals surface area (Å²) in [4.78, 5) is 0. The molecule has 0 fully saturated rings. The van der Waals surface area contributed by atoms with Gasteiger partial charge in [0.25, 0.3) is 0 Å². The largest absolute Gasteiger partial charge is 0.316 e. The van der Waals surface area contributed by atoms with Gasteiger partial charge in [0.15, 0.2) is 0 Å². The van der Waals surface area contributed by atoms with Gasteiger partial charge >= 0.3 is 0 Å². The van der Waals surface area contributed by atoms with Gasteiger partial charge in [0.05, 0.1) is 0 Å². The Kier molecular flexibility index (Phi) is 5.26. The van der Waals surface area contributed by atoms with Crippen LogP contribution in [0.4, 0.5) is 13.2 Å². The summed E-state index contributed by atoms with van der Waals surface area (Å²) in [6.07, 6.45) is 0.805. The Balaban J connectivity index is 2.14. The fourth-order valence-electron chi connectivity index (χ4n) is 2.19. The first-order chi connectivity index (χ1) is 9.99. The van der Waals surface area contributed by atoms with E-state index < -0.39 is 11.6 Å². The molecule has 0 aromatic heterocycles. The molecule has 0 bridgehead atoms. The number of rotatable bonds is 5. The van der Waals surface area contributed by atoms with Gasteiger partial charge in [0.2, 0.25) is 0 Å². The molecule has 0 spiro atoms. The molecule has 0 saturated heterocycles. The van der Waals surface area contributed by atoms with Crippen LogP contribution in [0.15, 0.2) is 36.4 Å². The monoisotopic (exact) mass is 313 g/mol. The van der Waals surface area contributed by atoms with Crippen molar-refractivity contribution in [1.29, 1.82) is 0 Å². The standard InChI is InChI=1S/C16H15ClF3N/c1-21-14(7-10-2-3-13(19)9-16(10)20)8-11-6-12(18)4-5-15(11)17/h2-6,9,14,21H,7-8H2,1H3. The Morgan fingerprint density at radius 3 is 2.24 bits per heavy atom. The first kappa shape index (κ1) is 15.9. The normalized spacial score (nSPS) is 12.4. The molecule has 1 N–H and O–H groups in total. The van der Waals surface area contributed by atoms with Gasteiger partial charge in [-0.1, -0.05) is 17.7 Å². The zero-order valence-corrected chi connectivity index (χ0v) is 12.2. The minimum Gasteiger partial charge on any atom is -0.316 e. The molecule has 0 saturated carbocycles. The summed E-state index contributed by atoms with van der Waals surface area (Å²) in [6.45, 7) is 0. The summed E-state index contributed by atoms with van der Waals surface area (Å²) in [5.41, 5.74) is 1.06. The van der Waals surface area contributed by atoms with E-state index in [1.54, 1.807) is 7.05 Å². The van der Waals surface area contributed by atoms with E-state index in [2.05, 4.69) is 5.32 Å². The van der Waals surface area contributed by atoms with E-state index in [-0.39, 0.29) is 11.9 Å². The summed E-state index contributed by atoms with van der Waals surface area (Å²) >= 11 is 6.03. The van der Waals surface area contributed by atoms with Crippen LogP contribution < -0.4 is 5.32 Å². The molecular weight excluding hydrogens is 299 g/mol. The van der Waals surface area contributed by atoms with Crippen molar-refractivity contribution in [2.75, 3.05) is 7.05 Å². The summed E-state index contributed by atoms with van der Waals surface area (Å²) < 4.78 is 39.8. The zero-order chi connectivity index (χ0) is 15.4. The van der Waals surface area contributed by atoms with Gasteiger partial charge < -0.3 is 5.32 Å². The van der Waals surface area contributed by atoms with E-state index in [1.807, 2.05) is 0 Å². The fraction of sp³-hybridized carbons (Fsp3) is 0.250. The molecule has 112 valence electrons. The number of hydrogen-bond acceptors (Lipinski definition) is 1. The molecule has 0 aliphatic rings. The highest BCUT2D eigenvalue weighted by molar-refractivity contribution is 6.31. The molecular formula is C16H15ClF3N. The molecule has 21 heavy (non-hydrogen) atoms. The molecule has 0 radical (unpaired) electrons. The van der Waals surface area contributed by atoms with Gasteiger partial charge in [0.1, 0.15) is 17.5 Å². The molecule has 1 atom stereocenters. The van der Waals surface area contributed by atoms with Gasteiger partial charge in [-0.3, -0.25) is 0 Å². The highest BCUT2D eigenvalue weighted by atomic mass is 35.5. The van der Waals surface area contributed by atoms with Crippen LogP contribution >= 0.6 is 11.6 Å². The first-order valence-electron chi connectivity index (χ1n) is 6.54. The number of halogens is 4. The zero-order valence-electron chi connectivity index (χ0n) is 11.5. The molecule has 0 aliphatic heterocycles. The SMILES string of the molecule is CNC(Cc1ccc(F)cc1F)Cc1cc(F)ccc1Cl. The predicted octanol–water partition coefficient (Wildman–Crippen LogP) is 4.13. The number of benzene rings is 2. The molecule has 2 rings (SSSR count). The van der Waals surface area contributed by atoms with Crippen LogP contribution in [0, 0.1) is 17.5 Å². The second kappa shape index (κ2) is 6.96. The molecule has 1 unspecified atom stereocenters. The van der Waals surface area contributed by atoms with E-state index in [4.69, 9.17) is 11.6 Å². The molecule has 5 heteroatoms. The third kappa shape index (κ3) is 4.22. The molecule has 0 heterocycles. The smallest absolute Gasteiger partial charge is 0.129 e. The van der Waals surface area contributed by atoms with Gasteiger partial charge in [-0.15, -0.1) is 0 Å². The number of hydrogen-bond donors (Lipinski definition) is 1. The van der Waals surface area contributed by atoms with Gasteiger partial charge in [-0.25, -0.2) is 13.2 Å². The van der Waals surface area contributed by atoms with E-state index in [1.165, 1.54) is 30.3 Å².